The van der Waals surface area contributed by atoms with Gasteiger partial charge in [0.2, 0.25) is 0 Å². The highest BCUT2D eigenvalue weighted by atomic mass is 32.1. The molecule has 19 heavy (non-hydrogen) atoms. The van der Waals surface area contributed by atoms with Crippen LogP contribution in [0.5, 0.6) is 5.75 Å². The lowest BCUT2D eigenvalue weighted by atomic mass is 10.1. The van der Waals surface area contributed by atoms with E-state index in [0.717, 1.165) is 22.4 Å². The van der Waals surface area contributed by atoms with Gasteiger partial charge in [-0.05, 0) is 43.3 Å². The summed E-state index contributed by atoms with van der Waals surface area (Å²) in [6.45, 7) is 6.34. The summed E-state index contributed by atoms with van der Waals surface area (Å²) in [6.07, 6.45) is 0. The highest BCUT2D eigenvalue weighted by Gasteiger charge is 2.13. The number of aryl methyl sites for hydroxylation is 3. The third-order valence-electron chi connectivity index (χ3n) is 2.92. The zero-order chi connectivity index (χ0) is 14.0. The molecule has 0 saturated carbocycles. The molecule has 0 saturated heterocycles. The molecule has 2 aromatic rings. The molecule has 0 unspecified atom stereocenters. The molecule has 1 N–H and O–H groups in total. The maximum atomic E-state index is 11.0. The van der Waals surface area contributed by atoms with Gasteiger partial charge in [0.1, 0.15) is 17.2 Å². The smallest absolute Gasteiger partial charge is 0.346 e. The molecule has 0 radical (unpaired) electrons. The molecule has 0 atom stereocenters. The zero-order valence-electron chi connectivity index (χ0n) is 11.2. The van der Waals surface area contributed by atoms with Gasteiger partial charge >= 0.3 is 5.97 Å². The normalized spacial score (nSPS) is 10.5. The number of ether oxygens (including phenoxy) is 1. The van der Waals surface area contributed by atoms with Crippen molar-refractivity contribution < 1.29 is 14.6 Å². The van der Waals surface area contributed by atoms with Crippen LogP contribution in [-0.4, -0.2) is 11.1 Å². The van der Waals surface area contributed by atoms with E-state index in [1.807, 2.05) is 20.8 Å². The highest BCUT2D eigenvalue weighted by molar-refractivity contribution is 7.12. The number of carboxylic acids is 1. The van der Waals surface area contributed by atoms with E-state index >= 15 is 0 Å². The van der Waals surface area contributed by atoms with Crippen LogP contribution in [-0.2, 0) is 6.61 Å². The molecular formula is C15H16O3S. The van der Waals surface area contributed by atoms with Gasteiger partial charge in [-0.25, -0.2) is 4.79 Å². The minimum atomic E-state index is -0.897. The van der Waals surface area contributed by atoms with Crippen LogP contribution >= 0.6 is 11.3 Å². The van der Waals surface area contributed by atoms with Crippen molar-refractivity contribution in [3.63, 3.8) is 0 Å². The Morgan fingerprint density at radius 2 is 1.89 bits per heavy atom. The molecule has 4 heteroatoms. The van der Waals surface area contributed by atoms with Gasteiger partial charge in [-0.2, -0.15) is 0 Å². The fourth-order valence-corrected chi connectivity index (χ4v) is 2.93. The largest absolute Gasteiger partial charge is 0.488 e. The maximum Gasteiger partial charge on any atom is 0.346 e. The zero-order valence-corrected chi connectivity index (χ0v) is 12.0. The number of rotatable bonds is 4. The van der Waals surface area contributed by atoms with E-state index in [1.54, 1.807) is 11.4 Å². The SMILES string of the molecule is Cc1cc(C)c(OCc2ccsc2C(=O)O)c(C)c1. The van der Waals surface area contributed by atoms with E-state index in [1.165, 1.54) is 16.9 Å². The van der Waals surface area contributed by atoms with Crippen LogP contribution < -0.4 is 4.74 Å². The molecule has 0 aliphatic rings. The molecule has 1 aromatic carbocycles. The number of hydrogen-bond acceptors (Lipinski definition) is 3. The van der Waals surface area contributed by atoms with E-state index in [4.69, 9.17) is 9.84 Å². The van der Waals surface area contributed by atoms with E-state index in [9.17, 15) is 4.79 Å². The Morgan fingerprint density at radius 1 is 1.26 bits per heavy atom. The lowest BCUT2D eigenvalue weighted by Crippen LogP contribution is -2.03. The first-order valence-corrected chi connectivity index (χ1v) is 6.87. The van der Waals surface area contributed by atoms with Crippen LogP contribution in [0.25, 0.3) is 0 Å². The first kappa shape index (κ1) is 13.6. The number of hydrogen-bond donors (Lipinski definition) is 1. The topological polar surface area (TPSA) is 46.5 Å². The predicted molar refractivity (Wildman–Crippen MR) is 76.3 cm³/mol. The van der Waals surface area contributed by atoms with Crippen molar-refractivity contribution in [3.8, 4) is 5.75 Å². The summed E-state index contributed by atoms with van der Waals surface area (Å²) >= 11 is 1.22. The summed E-state index contributed by atoms with van der Waals surface area (Å²) in [4.78, 5) is 11.4. The molecule has 1 aromatic heterocycles. The average molecular weight is 276 g/mol. The molecule has 0 fully saturated rings. The summed E-state index contributed by atoms with van der Waals surface area (Å²) in [7, 11) is 0. The molecular weight excluding hydrogens is 260 g/mol. The summed E-state index contributed by atoms with van der Waals surface area (Å²) < 4.78 is 5.80. The Morgan fingerprint density at radius 3 is 2.47 bits per heavy atom. The molecule has 0 aliphatic heterocycles. The van der Waals surface area contributed by atoms with E-state index in [2.05, 4.69) is 12.1 Å². The summed E-state index contributed by atoms with van der Waals surface area (Å²) in [5, 5.41) is 10.8. The van der Waals surface area contributed by atoms with Crippen LogP contribution in [0, 0.1) is 20.8 Å². The van der Waals surface area contributed by atoms with Gasteiger partial charge in [-0.3, -0.25) is 0 Å². The van der Waals surface area contributed by atoms with E-state index in [0.29, 0.717) is 4.88 Å². The van der Waals surface area contributed by atoms with Crippen LogP contribution in [0.4, 0.5) is 0 Å². The second kappa shape index (κ2) is 5.45. The van der Waals surface area contributed by atoms with Gasteiger partial charge in [0, 0.05) is 5.56 Å². The van der Waals surface area contributed by atoms with Crippen LogP contribution in [0.15, 0.2) is 23.6 Å². The Balaban J connectivity index is 2.19. The van der Waals surface area contributed by atoms with E-state index < -0.39 is 5.97 Å². The van der Waals surface area contributed by atoms with Gasteiger partial charge < -0.3 is 9.84 Å². The molecule has 0 aliphatic carbocycles. The quantitative estimate of drug-likeness (QED) is 0.919. The Hall–Kier alpha value is -1.81. The number of carbonyl (C=O) groups is 1. The van der Waals surface area contributed by atoms with Crippen molar-refractivity contribution in [2.24, 2.45) is 0 Å². The number of thiophene rings is 1. The second-order valence-corrected chi connectivity index (χ2v) is 5.51. The number of carboxylic acid groups (broad SMARTS) is 1. The van der Waals surface area contributed by atoms with Crippen molar-refractivity contribution in [1.29, 1.82) is 0 Å². The third-order valence-corrected chi connectivity index (χ3v) is 3.86. The summed E-state index contributed by atoms with van der Waals surface area (Å²) in [6, 6.07) is 5.93. The fourth-order valence-electron chi connectivity index (χ4n) is 2.18. The Bertz CT molecular complexity index is 591. The summed E-state index contributed by atoms with van der Waals surface area (Å²) in [5.41, 5.74) is 4.06. The van der Waals surface area contributed by atoms with Crippen molar-refractivity contribution >= 4 is 17.3 Å². The average Bonchev–Trinajstić information content (AvgIpc) is 2.75. The molecule has 2 rings (SSSR count). The van der Waals surface area contributed by atoms with Crippen molar-refractivity contribution in [1.82, 2.24) is 0 Å². The van der Waals surface area contributed by atoms with Gasteiger partial charge in [-0.1, -0.05) is 17.7 Å². The number of aromatic carboxylic acids is 1. The minimum Gasteiger partial charge on any atom is -0.488 e. The van der Waals surface area contributed by atoms with E-state index in [-0.39, 0.29) is 6.61 Å². The minimum absolute atomic E-state index is 0.288. The van der Waals surface area contributed by atoms with Crippen LogP contribution in [0.3, 0.4) is 0 Å². The third kappa shape index (κ3) is 2.96. The molecule has 0 bridgehead atoms. The Kier molecular flexibility index (Phi) is 3.90. The van der Waals surface area contributed by atoms with Crippen molar-refractivity contribution in [2.45, 2.75) is 27.4 Å². The van der Waals surface area contributed by atoms with Gasteiger partial charge in [-0.15, -0.1) is 11.3 Å². The lowest BCUT2D eigenvalue weighted by Gasteiger charge is -2.13. The molecule has 3 nitrogen and oxygen atoms in total. The van der Waals surface area contributed by atoms with Crippen LogP contribution in [0.1, 0.15) is 31.9 Å². The standard InChI is InChI=1S/C15H16O3S/c1-9-6-10(2)13(11(3)7-9)18-8-12-4-5-19-14(12)15(16)17/h4-7H,8H2,1-3H3,(H,16,17). The predicted octanol–water partition coefficient (Wildman–Crippen LogP) is 3.95. The molecule has 100 valence electrons. The first-order valence-electron chi connectivity index (χ1n) is 5.99. The fraction of sp³-hybridized carbons (Fsp3) is 0.267. The molecule has 1 heterocycles. The molecule has 0 amide bonds. The summed E-state index contributed by atoms with van der Waals surface area (Å²) in [5.74, 6) is -0.0564. The van der Waals surface area contributed by atoms with Crippen molar-refractivity contribution in [2.75, 3.05) is 0 Å². The van der Waals surface area contributed by atoms with Gasteiger partial charge in [0.15, 0.2) is 0 Å². The Labute approximate surface area is 116 Å². The number of benzene rings is 1. The van der Waals surface area contributed by atoms with Gasteiger partial charge in [0.05, 0.1) is 0 Å². The van der Waals surface area contributed by atoms with Crippen LogP contribution in [0.2, 0.25) is 0 Å². The van der Waals surface area contributed by atoms with Crippen molar-refractivity contribution in [3.05, 3.63) is 50.7 Å². The molecule has 0 spiro atoms. The monoisotopic (exact) mass is 276 g/mol. The highest BCUT2D eigenvalue weighted by Crippen LogP contribution is 2.26. The second-order valence-electron chi connectivity index (χ2n) is 4.60. The maximum absolute atomic E-state index is 11.0. The lowest BCUT2D eigenvalue weighted by molar-refractivity contribution is 0.0699. The van der Waals surface area contributed by atoms with Gasteiger partial charge in [0.25, 0.3) is 0 Å². The first-order chi connectivity index (χ1) is 8.99.